The van der Waals surface area contributed by atoms with Crippen molar-refractivity contribution in [3.63, 3.8) is 0 Å². The summed E-state index contributed by atoms with van der Waals surface area (Å²) in [5, 5.41) is 6.89. The van der Waals surface area contributed by atoms with Crippen LogP contribution in [-0.4, -0.2) is 56.4 Å². The van der Waals surface area contributed by atoms with E-state index in [1.54, 1.807) is 20.3 Å². The minimum atomic E-state index is -0.257. The normalized spacial score (nSPS) is 17.6. The lowest BCUT2D eigenvalue weighted by Gasteiger charge is -2.32. The molecule has 3 rings (SSSR count). The Bertz CT molecular complexity index is 746. The van der Waals surface area contributed by atoms with Gasteiger partial charge < -0.3 is 19.3 Å². The molecule has 1 saturated heterocycles. The molecule has 2 aromatic rings. The van der Waals surface area contributed by atoms with Gasteiger partial charge in [-0.3, -0.25) is 9.69 Å². The molecule has 0 bridgehead atoms. The second kappa shape index (κ2) is 9.53. The number of hydrogen-bond acceptors (Lipinski definition) is 6. The number of nitrogens with zero attached hydrogens (tertiary/aromatic N) is 2. The minimum absolute atomic E-state index is 0.253. The van der Waals surface area contributed by atoms with E-state index < -0.39 is 0 Å². The Kier molecular flexibility index (Phi) is 6.84. The highest BCUT2D eigenvalue weighted by Crippen LogP contribution is 2.29. The molecule has 1 aliphatic rings. The predicted molar refractivity (Wildman–Crippen MR) is 101 cm³/mol. The summed E-state index contributed by atoms with van der Waals surface area (Å²) in [6.45, 7) is 3.67. The molecule has 1 aliphatic heterocycles. The summed E-state index contributed by atoms with van der Waals surface area (Å²) in [7, 11) is 3.30. The van der Waals surface area contributed by atoms with E-state index >= 15 is 0 Å². The number of rotatable bonds is 8. The van der Waals surface area contributed by atoms with Gasteiger partial charge in [0, 0.05) is 44.3 Å². The van der Waals surface area contributed by atoms with Crippen LogP contribution in [0, 0.1) is 0 Å². The standard InChI is InChI=1S/C20H27N3O4/c1-25-11-9-21-20(24)19-12-17(22-27-19)15-7-5-10-23(13-15)14-16-6-3-4-8-18(16)26-2/h3-4,6,8,12,15H,5,7,9-11,13-14H2,1-2H3,(H,21,24)/t15-/m1/s1. The molecule has 0 saturated carbocycles. The monoisotopic (exact) mass is 373 g/mol. The van der Waals surface area contributed by atoms with E-state index in [1.165, 1.54) is 5.56 Å². The number of nitrogens with one attached hydrogen (secondary N) is 1. The fourth-order valence-electron chi connectivity index (χ4n) is 3.46. The van der Waals surface area contributed by atoms with Crippen LogP contribution >= 0.6 is 0 Å². The maximum absolute atomic E-state index is 12.1. The topological polar surface area (TPSA) is 76.8 Å². The average molecular weight is 373 g/mol. The summed E-state index contributed by atoms with van der Waals surface area (Å²) in [6, 6.07) is 9.87. The number of para-hydroxylation sites is 1. The summed E-state index contributed by atoms with van der Waals surface area (Å²) in [6.07, 6.45) is 2.13. The van der Waals surface area contributed by atoms with Gasteiger partial charge in [-0.1, -0.05) is 23.4 Å². The van der Waals surface area contributed by atoms with Gasteiger partial charge in [-0.15, -0.1) is 0 Å². The molecular formula is C20H27N3O4. The lowest BCUT2D eigenvalue weighted by Crippen LogP contribution is -2.34. The first-order valence-electron chi connectivity index (χ1n) is 9.29. The second-order valence-electron chi connectivity index (χ2n) is 6.75. The number of piperidine rings is 1. The highest BCUT2D eigenvalue weighted by atomic mass is 16.5. The molecule has 1 aromatic heterocycles. The maximum atomic E-state index is 12.1. The average Bonchev–Trinajstić information content (AvgIpc) is 3.19. The molecule has 2 heterocycles. The third-order valence-corrected chi connectivity index (χ3v) is 4.85. The summed E-state index contributed by atoms with van der Waals surface area (Å²) in [5.74, 6) is 1.17. The molecule has 7 nitrogen and oxygen atoms in total. The van der Waals surface area contributed by atoms with Crippen LogP contribution in [0.2, 0.25) is 0 Å². The van der Waals surface area contributed by atoms with Crippen LogP contribution < -0.4 is 10.1 Å². The number of amides is 1. The van der Waals surface area contributed by atoms with Crippen molar-refractivity contribution < 1.29 is 18.8 Å². The molecule has 1 amide bonds. The molecule has 146 valence electrons. The quantitative estimate of drug-likeness (QED) is 0.716. The van der Waals surface area contributed by atoms with E-state index in [1.807, 2.05) is 18.2 Å². The highest BCUT2D eigenvalue weighted by Gasteiger charge is 2.25. The molecule has 1 fully saturated rings. The fourth-order valence-corrected chi connectivity index (χ4v) is 3.46. The van der Waals surface area contributed by atoms with E-state index in [4.69, 9.17) is 14.0 Å². The number of likely N-dealkylation sites (tertiary alicyclic amines) is 1. The zero-order valence-corrected chi connectivity index (χ0v) is 15.9. The SMILES string of the molecule is COCCNC(=O)c1cc([C@@H]2CCCN(Cc3ccccc3OC)C2)no1. The molecule has 1 N–H and O–H groups in total. The van der Waals surface area contributed by atoms with Gasteiger partial charge in [-0.05, 0) is 25.5 Å². The Balaban J connectivity index is 1.60. The Morgan fingerprint density at radius 2 is 2.22 bits per heavy atom. The van der Waals surface area contributed by atoms with Gasteiger partial charge in [0.05, 0.1) is 19.4 Å². The van der Waals surface area contributed by atoms with Crippen molar-refractivity contribution in [2.45, 2.75) is 25.3 Å². The van der Waals surface area contributed by atoms with Crippen molar-refractivity contribution in [1.82, 2.24) is 15.4 Å². The number of methoxy groups -OCH3 is 2. The summed E-state index contributed by atoms with van der Waals surface area (Å²) in [5.41, 5.74) is 2.02. The molecule has 1 atom stereocenters. The number of aromatic nitrogens is 1. The van der Waals surface area contributed by atoms with E-state index in [2.05, 4.69) is 21.4 Å². The van der Waals surface area contributed by atoms with E-state index in [9.17, 15) is 4.79 Å². The Morgan fingerprint density at radius 3 is 3.04 bits per heavy atom. The van der Waals surface area contributed by atoms with Gasteiger partial charge in [0.15, 0.2) is 0 Å². The van der Waals surface area contributed by atoms with Gasteiger partial charge in [-0.2, -0.15) is 0 Å². The lowest BCUT2D eigenvalue weighted by atomic mass is 9.94. The Labute approximate surface area is 159 Å². The first-order valence-corrected chi connectivity index (χ1v) is 9.29. The number of hydrogen-bond donors (Lipinski definition) is 1. The molecule has 0 radical (unpaired) electrons. The Hall–Kier alpha value is -2.38. The van der Waals surface area contributed by atoms with Crippen LogP contribution in [0.1, 0.15) is 40.6 Å². The van der Waals surface area contributed by atoms with Crippen LogP contribution in [0.4, 0.5) is 0 Å². The van der Waals surface area contributed by atoms with Crippen molar-refractivity contribution in [2.75, 3.05) is 40.5 Å². The fraction of sp³-hybridized carbons (Fsp3) is 0.500. The van der Waals surface area contributed by atoms with Gasteiger partial charge in [0.25, 0.3) is 5.91 Å². The number of ether oxygens (including phenoxy) is 2. The van der Waals surface area contributed by atoms with Crippen molar-refractivity contribution in [3.8, 4) is 5.75 Å². The van der Waals surface area contributed by atoms with E-state index in [0.29, 0.717) is 13.2 Å². The van der Waals surface area contributed by atoms with E-state index in [-0.39, 0.29) is 17.6 Å². The van der Waals surface area contributed by atoms with Gasteiger partial charge in [-0.25, -0.2) is 0 Å². The second-order valence-corrected chi connectivity index (χ2v) is 6.75. The summed E-state index contributed by atoms with van der Waals surface area (Å²) < 4.78 is 15.7. The smallest absolute Gasteiger partial charge is 0.289 e. The van der Waals surface area contributed by atoms with Gasteiger partial charge in [0.1, 0.15) is 5.75 Å². The predicted octanol–water partition coefficient (Wildman–Crippen LogP) is 2.44. The van der Waals surface area contributed by atoms with Gasteiger partial charge >= 0.3 is 0 Å². The van der Waals surface area contributed by atoms with Crippen molar-refractivity contribution in [3.05, 3.63) is 47.3 Å². The molecule has 7 heteroatoms. The van der Waals surface area contributed by atoms with Crippen molar-refractivity contribution in [2.24, 2.45) is 0 Å². The lowest BCUT2D eigenvalue weighted by molar-refractivity contribution is 0.0900. The number of benzene rings is 1. The van der Waals surface area contributed by atoms with E-state index in [0.717, 1.165) is 43.9 Å². The molecule has 27 heavy (non-hydrogen) atoms. The molecule has 0 aliphatic carbocycles. The molecule has 0 unspecified atom stereocenters. The van der Waals surface area contributed by atoms with Crippen LogP contribution in [-0.2, 0) is 11.3 Å². The third-order valence-electron chi connectivity index (χ3n) is 4.85. The molecule has 1 aromatic carbocycles. The zero-order valence-electron chi connectivity index (χ0n) is 15.9. The third kappa shape index (κ3) is 5.08. The van der Waals surface area contributed by atoms with Crippen LogP contribution in [0.3, 0.4) is 0 Å². The minimum Gasteiger partial charge on any atom is -0.496 e. The highest BCUT2D eigenvalue weighted by molar-refractivity contribution is 5.91. The molecular weight excluding hydrogens is 346 g/mol. The maximum Gasteiger partial charge on any atom is 0.289 e. The van der Waals surface area contributed by atoms with Crippen molar-refractivity contribution >= 4 is 5.91 Å². The molecule has 0 spiro atoms. The number of carbonyl (C=O) groups is 1. The first kappa shape index (κ1) is 19.4. The van der Waals surface area contributed by atoms with Crippen LogP contribution in [0.25, 0.3) is 0 Å². The van der Waals surface area contributed by atoms with Crippen LogP contribution in [0.5, 0.6) is 5.75 Å². The largest absolute Gasteiger partial charge is 0.496 e. The zero-order chi connectivity index (χ0) is 19.1. The first-order chi connectivity index (χ1) is 13.2. The Morgan fingerprint density at radius 1 is 1.37 bits per heavy atom. The summed E-state index contributed by atoms with van der Waals surface area (Å²) in [4.78, 5) is 14.5. The van der Waals surface area contributed by atoms with Gasteiger partial charge in [0.2, 0.25) is 5.76 Å². The number of carbonyl (C=O) groups excluding carboxylic acids is 1. The van der Waals surface area contributed by atoms with Crippen LogP contribution in [0.15, 0.2) is 34.9 Å². The summed E-state index contributed by atoms with van der Waals surface area (Å²) >= 11 is 0. The van der Waals surface area contributed by atoms with Crippen molar-refractivity contribution in [1.29, 1.82) is 0 Å².